The van der Waals surface area contributed by atoms with E-state index in [0.29, 0.717) is 9.23 Å². The second kappa shape index (κ2) is 9.64. The SMILES string of the molecule is Cc1ccc(/C=C2\SC(=S)N(CCC(=O)NNC(=O)c3ccc(F)cc3)C2=O)cc1. The van der Waals surface area contributed by atoms with Crippen molar-refractivity contribution in [2.24, 2.45) is 0 Å². The van der Waals surface area contributed by atoms with Crippen molar-refractivity contribution < 1.29 is 18.8 Å². The van der Waals surface area contributed by atoms with E-state index in [0.717, 1.165) is 23.3 Å². The second-order valence-electron chi connectivity index (χ2n) is 6.50. The van der Waals surface area contributed by atoms with Gasteiger partial charge >= 0.3 is 0 Å². The van der Waals surface area contributed by atoms with Gasteiger partial charge in [0.05, 0.1) is 4.91 Å². The van der Waals surface area contributed by atoms with Crippen molar-refractivity contribution in [3.05, 3.63) is 75.9 Å². The Labute approximate surface area is 182 Å². The predicted octanol–water partition coefficient (Wildman–Crippen LogP) is 3.19. The Hall–Kier alpha value is -3.04. The van der Waals surface area contributed by atoms with Crippen molar-refractivity contribution in [3.8, 4) is 0 Å². The molecule has 0 unspecified atom stereocenters. The van der Waals surface area contributed by atoms with Crippen LogP contribution in [0.5, 0.6) is 0 Å². The van der Waals surface area contributed by atoms with E-state index in [1.54, 1.807) is 6.08 Å². The summed E-state index contributed by atoms with van der Waals surface area (Å²) in [5, 5.41) is 0. The summed E-state index contributed by atoms with van der Waals surface area (Å²) in [4.78, 5) is 38.4. The summed E-state index contributed by atoms with van der Waals surface area (Å²) < 4.78 is 13.3. The Morgan fingerprint density at radius 2 is 1.77 bits per heavy atom. The maximum absolute atomic E-state index is 12.9. The average Bonchev–Trinajstić information content (AvgIpc) is 2.99. The number of hydrogen-bond acceptors (Lipinski definition) is 5. The molecule has 0 saturated carbocycles. The fourth-order valence-corrected chi connectivity index (χ4v) is 3.89. The van der Waals surface area contributed by atoms with E-state index in [1.807, 2.05) is 31.2 Å². The lowest BCUT2D eigenvalue weighted by molar-refractivity contribution is -0.124. The van der Waals surface area contributed by atoms with Gasteiger partial charge in [-0.2, -0.15) is 0 Å². The molecule has 0 spiro atoms. The van der Waals surface area contributed by atoms with Crippen molar-refractivity contribution in [1.82, 2.24) is 15.8 Å². The third-order valence-electron chi connectivity index (χ3n) is 4.23. The fraction of sp³-hybridized carbons (Fsp3) is 0.143. The summed E-state index contributed by atoms with van der Waals surface area (Å²) in [6.45, 7) is 2.07. The van der Waals surface area contributed by atoms with Crippen LogP contribution in [0.25, 0.3) is 6.08 Å². The first-order chi connectivity index (χ1) is 14.3. The Morgan fingerprint density at radius 3 is 2.43 bits per heavy atom. The average molecular weight is 444 g/mol. The van der Waals surface area contributed by atoms with Crippen LogP contribution in [0.1, 0.15) is 27.9 Å². The van der Waals surface area contributed by atoms with Gasteiger partial charge in [-0.15, -0.1) is 0 Å². The van der Waals surface area contributed by atoms with E-state index in [9.17, 15) is 18.8 Å². The highest BCUT2D eigenvalue weighted by Crippen LogP contribution is 2.32. The second-order valence-corrected chi connectivity index (χ2v) is 8.18. The van der Waals surface area contributed by atoms with Crippen molar-refractivity contribution in [2.75, 3.05) is 6.54 Å². The number of thiocarbonyl (C=S) groups is 1. The molecular weight excluding hydrogens is 425 g/mol. The number of hydrazine groups is 1. The quantitative estimate of drug-likeness (QED) is 0.422. The molecule has 9 heteroatoms. The number of amides is 3. The molecule has 1 fully saturated rings. The smallest absolute Gasteiger partial charge is 0.269 e. The van der Waals surface area contributed by atoms with E-state index < -0.39 is 17.6 Å². The third-order valence-corrected chi connectivity index (χ3v) is 5.61. The van der Waals surface area contributed by atoms with Gasteiger partial charge in [-0.1, -0.05) is 53.8 Å². The molecule has 154 valence electrons. The van der Waals surface area contributed by atoms with Crippen molar-refractivity contribution >= 4 is 52.1 Å². The number of hydrogen-bond donors (Lipinski definition) is 2. The number of nitrogens with zero attached hydrogens (tertiary/aromatic N) is 1. The van der Waals surface area contributed by atoms with Gasteiger partial charge in [-0.05, 0) is 42.8 Å². The van der Waals surface area contributed by atoms with Gasteiger partial charge in [0.25, 0.3) is 11.8 Å². The number of carbonyl (C=O) groups excluding carboxylic acids is 3. The zero-order valence-electron chi connectivity index (χ0n) is 16.0. The summed E-state index contributed by atoms with van der Waals surface area (Å²) in [6, 6.07) is 12.6. The topological polar surface area (TPSA) is 78.5 Å². The molecule has 1 aliphatic rings. The standard InChI is InChI=1S/C21H18FN3O3S2/c1-13-2-4-14(5-3-13)12-17-20(28)25(21(29)30-17)11-10-18(26)23-24-19(27)15-6-8-16(22)9-7-15/h2-9,12H,10-11H2,1H3,(H,23,26)(H,24,27)/b17-12-. The molecule has 0 bridgehead atoms. The summed E-state index contributed by atoms with van der Waals surface area (Å²) in [5.74, 6) is -1.78. The molecule has 0 aromatic heterocycles. The van der Waals surface area contributed by atoms with Gasteiger partial charge in [0.1, 0.15) is 10.1 Å². The molecule has 0 radical (unpaired) electrons. The summed E-state index contributed by atoms with van der Waals surface area (Å²) in [6.07, 6.45) is 1.72. The Bertz CT molecular complexity index is 1020. The number of benzene rings is 2. The van der Waals surface area contributed by atoms with Gasteiger partial charge in [-0.25, -0.2) is 4.39 Å². The van der Waals surface area contributed by atoms with Crippen LogP contribution in [0.2, 0.25) is 0 Å². The molecule has 1 heterocycles. The van der Waals surface area contributed by atoms with Crippen molar-refractivity contribution in [3.63, 3.8) is 0 Å². The molecule has 0 atom stereocenters. The molecule has 2 aromatic carbocycles. The summed E-state index contributed by atoms with van der Waals surface area (Å²) in [5.41, 5.74) is 6.74. The van der Waals surface area contributed by atoms with Crippen molar-refractivity contribution in [2.45, 2.75) is 13.3 Å². The van der Waals surface area contributed by atoms with Gasteiger partial charge < -0.3 is 0 Å². The number of aryl methyl sites for hydroxylation is 1. The number of nitrogens with one attached hydrogen (secondary N) is 2. The largest absolute Gasteiger partial charge is 0.292 e. The molecular formula is C21H18FN3O3S2. The number of carbonyl (C=O) groups is 3. The number of halogens is 1. The highest BCUT2D eigenvalue weighted by molar-refractivity contribution is 8.26. The zero-order chi connectivity index (χ0) is 21.7. The van der Waals surface area contributed by atoms with Crippen LogP contribution >= 0.6 is 24.0 Å². The highest BCUT2D eigenvalue weighted by Gasteiger charge is 2.32. The lowest BCUT2D eigenvalue weighted by Crippen LogP contribution is -2.43. The van der Waals surface area contributed by atoms with E-state index >= 15 is 0 Å². The van der Waals surface area contributed by atoms with E-state index in [2.05, 4.69) is 10.9 Å². The molecule has 30 heavy (non-hydrogen) atoms. The van der Waals surface area contributed by atoms with Gasteiger partial charge in [0, 0.05) is 18.5 Å². The Balaban J connectivity index is 1.51. The lowest BCUT2D eigenvalue weighted by atomic mass is 10.1. The maximum Gasteiger partial charge on any atom is 0.269 e. The van der Waals surface area contributed by atoms with Crippen LogP contribution in [-0.4, -0.2) is 33.5 Å². The molecule has 0 aliphatic carbocycles. The summed E-state index contributed by atoms with van der Waals surface area (Å²) in [7, 11) is 0. The van der Waals surface area contributed by atoms with E-state index in [4.69, 9.17) is 12.2 Å². The minimum absolute atomic E-state index is 0.0477. The highest BCUT2D eigenvalue weighted by atomic mass is 32.2. The van der Waals surface area contributed by atoms with Crippen LogP contribution in [-0.2, 0) is 9.59 Å². The Morgan fingerprint density at radius 1 is 1.10 bits per heavy atom. The monoisotopic (exact) mass is 443 g/mol. The Kier molecular flexibility index (Phi) is 6.96. The van der Waals surface area contributed by atoms with Crippen LogP contribution in [0.15, 0.2) is 53.4 Å². The molecule has 2 N–H and O–H groups in total. The first kappa shape index (κ1) is 21.7. The first-order valence-corrected chi connectivity index (χ1v) is 10.2. The minimum Gasteiger partial charge on any atom is -0.292 e. The number of thioether (sulfide) groups is 1. The number of rotatable bonds is 5. The lowest BCUT2D eigenvalue weighted by Gasteiger charge is -2.14. The van der Waals surface area contributed by atoms with Crippen LogP contribution in [0, 0.1) is 12.7 Å². The van der Waals surface area contributed by atoms with Crippen LogP contribution in [0.3, 0.4) is 0 Å². The first-order valence-electron chi connectivity index (χ1n) is 9.00. The molecule has 2 aromatic rings. The van der Waals surface area contributed by atoms with Gasteiger partial charge in [-0.3, -0.25) is 30.1 Å². The van der Waals surface area contributed by atoms with E-state index in [1.165, 1.54) is 28.8 Å². The maximum atomic E-state index is 12.9. The van der Waals surface area contributed by atoms with Gasteiger partial charge in [0.15, 0.2) is 0 Å². The fourth-order valence-electron chi connectivity index (χ4n) is 2.58. The molecule has 1 aliphatic heterocycles. The molecule has 3 amide bonds. The third kappa shape index (κ3) is 5.52. The van der Waals surface area contributed by atoms with Crippen LogP contribution in [0.4, 0.5) is 4.39 Å². The summed E-state index contributed by atoms with van der Waals surface area (Å²) >= 11 is 6.45. The van der Waals surface area contributed by atoms with Crippen LogP contribution < -0.4 is 10.9 Å². The van der Waals surface area contributed by atoms with Gasteiger partial charge in [0.2, 0.25) is 5.91 Å². The van der Waals surface area contributed by atoms with E-state index in [-0.39, 0.29) is 24.4 Å². The predicted molar refractivity (Wildman–Crippen MR) is 118 cm³/mol. The van der Waals surface area contributed by atoms with Crippen molar-refractivity contribution in [1.29, 1.82) is 0 Å². The zero-order valence-corrected chi connectivity index (χ0v) is 17.6. The molecule has 6 nitrogen and oxygen atoms in total. The minimum atomic E-state index is -0.574. The molecule has 1 saturated heterocycles. The molecule has 3 rings (SSSR count). The normalized spacial score (nSPS) is 14.9.